The highest BCUT2D eigenvalue weighted by Crippen LogP contribution is 2.35. The molecule has 1 amide bonds. The number of amides is 1. The third-order valence-electron chi connectivity index (χ3n) is 3.00. The number of carbonyl (C=O) groups excluding carboxylic acids is 2. The Morgan fingerprint density at radius 1 is 1.15 bits per heavy atom. The van der Waals surface area contributed by atoms with Gasteiger partial charge in [-0.3, -0.25) is 14.9 Å². The molecule has 1 N–H and O–H groups in total. The van der Waals surface area contributed by atoms with Crippen LogP contribution in [0.25, 0.3) is 0 Å². The van der Waals surface area contributed by atoms with Gasteiger partial charge in [0.1, 0.15) is 17.2 Å². The molecule has 11 heteroatoms. The molecule has 0 saturated heterocycles. The zero-order valence-electron chi connectivity index (χ0n) is 12.6. The van der Waals surface area contributed by atoms with E-state index < -0.39 is 40.6 Å². The molecular formula is C15H8Br2F2N2O5. The van der Waals surface area contributed by atoms with Crippen molar-refractivity contribution in [2.75, 3.05) is 11.9 Å². The minimum absolute atomic E-state index is 0.161. The van der Waals surface area contributed by atoms with E-state index in [0.717, 1.165) is 18.2 Å². The molecule has 0 aliphatic carbocycles. The molecule has 0 saturated carbocycles. The lowest BCUT2D eigenvalue weighted by Crippen LogP contribution is -2.22. The number of hydrogen-bond acceptors (Lipinski definition) is 5. The number of non-ortho nitro benzene ring substituents is 1. The fourth-order valence-electron chi connectivity index (χ4n) is 1.86. The number of anilines is 1. The highest BCUT2D eigenvalue weighted by Gasteiger charge is 2.20. The lowest BCUT2D eigenvalue weighted by atomic mass is 10.2. The predicted octanol–water partition coefficient (Wildman–Crippen LogP) is 4.19. The number of esters is 1. The summed E-state index contributed by atoms with van der Waals surface area (Å²) < 4.78 is 32.0. The zero-order valence-corrected chi connectivity index (χ0v) is 15.8. The van der Waals surface area contributed by atoms with Crippen LogP contribution in [0, 0.1) is 21.7 Å². The summed E-state index contributed by atoms with van der Waals surface area (Å²) in [6.07, 6.45) is 0. The SMILES string of the molecule is O=C(COC(=O)c1c(F)cccc1F)Nc1c(Br)cc([N+](=O)[O-])cc1Br. The van der Waals surface area contributed by atoms with Crippen LogP contribution in [0.3, 0.4) is 0 Å². The van der Waals surface area contributed by atoms with E-state index in [2.05, 4.69) is 41.9 Å². The molecule has 2 aromatic carbocycles. The van der Waals surface area contributed by atoms with Gasteiger partial charge in [0.2, 0.25) is 0 Å². The molecule has 0 bridgehead atoms. The van der Waals surface area contributed by atoms with Crippen molar-refractivity contribution in [1.82, 2.24) is 0 Å². The van der Waals surface area contributed by atoms with Gasteiger partial charge >= 0.3 is 5.97 Å². The summed E-state index contributed by atoms with van der Waals surface area (Å²) in [5.41, 5.74) is -0.963. The van der Waals surface area contributed by atoms with Crippen LogP contribution < -0.4 is 5.32 Å². The molecule has 136 valence electrons. The van der Waals surface area contributed by atoms with Crippen molar-refractivity contribution in [3.05, 3.63) is 66.6 Å². The van der Waals surface area contributed by atoms with Crippen molar-refractivity contribution in [3.8, 4) is 0 Å². The van der Waals surface area contributed by atoms with Gasteiger partial charge in [-0.1, -0.05) is 6.07 Å². The second-order valence-electron chi connectivity index (χ2n) is 4.76. The van der Waals surface area contributed by atoms with Crippen LogP contribution in [-0.2, 0) is 9.53 Å². The molecule has 0 atom stereocenters. The van der Waals surface area contributed by atoms with E-state index in [9.17, 15) is 28.5 Å². The molecule has 0 unspecified atom stereocenters. The van der Waals surface area contributed by atoms with Crippen molar-refractivity contribution in [2.24, 2.45) is 0 Å². The molecule has 7 nitrogen and oxygen atoms in total. The van der Waals surface area contributed by atoms with Crippen LogP contribution in [0.4, 0.5) is 20.2 Å². The minimum Gasteiger partial charge on any atom is -0.452 e. The molecule has 0 aromatic heterocycles. The fourth-order valence-corrected chi connectivity index (χ4v) is 3.22. The van der Waals surface area contributed by atoms with Gasteiger partial charge in [0.25, 0.3) is 11.6 Å². The molecule has 0 radical (unpaired) electrons. The Hall–Kier alpha value is -2.40. The van der Waals surface area contributed by atoms with E-state index in [0.29, 0.717) is 0 Å². The van der Waals surface area contributed by atoms with Crippen LogP contribution >= 0.6 is 31.9 Å². The number of nitrogens with one attached hydrogen (secondary N) is 1. The number of carbonyl (C=O) groups is 2. The average molecular weight is 494 g/mol. The Bertz CT molecular complexity index is 864. The van der Waals surface area contributed by atoms with Gasteiger partial charge in [-0.2, -0.15) is 0 Å². The van der Waals surface area contributed by atoms with Gasteiger partial charge in [0.15, 0.2) is 6.61 Å². The summed E-state index contributed by atoms with van der Waals surface area (Å²) in [4.78, 5) is 33.8. The molecular weight excluding hydrogens is 486 g/mol. The smallest absolute Gasteiger partial charge is 0.344 e. The Labute approximate surface area is 161 Å². The Morgan fingerprint density at radius 2 is 1.69 bits per heavy atom. The van der Waals surface area contributed by atoms with Crippen molar-refractivity contribution in [2.45, 2.75) is 0 Å². The maximum absolute atomic E-state index is 13.5. The van der Waals surface area contributed by atoms with Crippen molar-refractivity contribution < 1.29 is 28.0 Å². The lowest BCUT2D eigenvalue weighted by Gasteiger charge is -2.10. The fraction of sp³-hybridized carbons (Fsp3) is 0.0667. The third-order valence-corrected chi connectivity index (χ3v) is 4.25. The van der Waals surface area contributed by atoms with E-state index in [1.54, 1.807) is 0 Å². The van der Waals surface area contributed by atoms with Gasteiger partial charge in [0, 0.05) is 21.1 Å². The molecule has 0 aliphatic rings. The maximum Gasteiger partial charge on any atom is 0.344 e. The topological polar surface area (TPSA) is 98.5 Å². The van der Waals surface area contributed by atoms with Gasteiger partial charge in [0.05, 0.1) is 10.6 Å². The first-order chi connectivity index (χ1) is 12.2. The Balaban J connectivity index is 2.06. The first kappa shape index (κ1) is 19.9. The first-order valence-corrected chi connectivity index (χ1v) is 8.33. The summed E-state index contributed by atoms with van der Waals surface area (Å²) in [5, 5.41) is 13.1. The molecule has 2 rings (SSSR count). The van der Waals surface area contributed by atoms with Crippen LogP contribution in [0.1, 0.15) is 10.4 Å². The summed E-state index contributed by atoms with van der Waals surface area (Å²) >= 11 is 6.15. The number of benzene rings is 2. The monoisotopic (exact) mass is 492 g/mol. The van der Waals surface area contributed by atoms with E-state index in [4.69, 9.17) is 0 Å². The van der Waals surface area contributed by atoms with Gasteiger partial charge in [-0.05, 0) is 44.0 Å². The zero-order chi connectivity index (χ0) is 19.4. The van der Waals surface area contributed by atoms with Gasteiger partial charge < -0.3 is 10.1 Å². The molecule has 0 heterocycles. The van der Waals surface area contributed by atoms with E-state index in [-0.39, 0.29) is 20.3 Å². The maximum atomic E-state index is 13.5. The van der Waals surface area contributed by atoms with E-state index >= 15 is 0 Å². The highest BCUT2D eigenvalue weighted by molar-refractivity contribution is 9.11. The normalized spacial score (nSPS) is 10.3. The number of nitrogens with zero attached hydrogens (tertiary/aromatic N) is 1. The summed E-state index contributed by atoms with van der Waals surface area (Å²) in [5.74, 6) is -4.38. The number of halogens is 4. The molecule has 2 aromatic rings. The quantitative estimate of drug-likeness (QED) is 0.382. The first-order valence-electron chi connectivity index (χ1n) is 6.75. The predicted molar refractivity (Wildman–Crippen MR) is 93.8 cm³/mol. The second kappa shape index (κ2) is 8.32. The summed E-state index contributed by atoms with van der Waals surface area (Å²) in [6, 6.07) is 5.18. The summed E-state index contributed by atoms with van der Waals surface area (Å²) in [6.45, 7) is -0.817. The number of ether oxygens (including phenoxy) is 1. The van der Waals surface area contributed by atoms with Crippen LogP contribution in [0.15, 0.2) is 39.3 Å². The van der Waals surface area contributed by atoms with Crippen LogP contribution in [-0.4, -0.2) is 23.4 Å². The van der Waals surface area contributed by atoms with Gasteiger partial charge in [-0.15, -0.1) is 0 Å². The number of nitro benzene ring substituents is 1. The Kier molecular flexibility index (Phi) is 6.37. The molecule has 0 spiro atoms. The number of hydrogen-bond donors (Lipinski definition) is 1. The second-order valence-corrected chi connectivity index (χ2v) is 6.47. The highest BCUT2D eigenvalue weighted by atomic mass is 79.9. The average Bonchev–Trinajstić information content (AvgIpc) is 2.55. The minimum atomic E-state index is -1.34. The number of nitro groups is 1. The van der Waals surface area contributed by atoms with E-state index in [1.807, 2.05) is 0 Å². The molecule has 0 aliphatic heterocycles. The third kappa shape index (κ3) is 4.61. The van der Waals surface area contributed by atoms with Crippen LogP contribution in [0.5, 0.6) is 0 Å². The van der Waals surface area contributed by atoms with Gasteiger partial charge in [-0.25, -0.2) is 13.6 Å². The molecule has 26 heavy (non-hydrogen) atoms. The van der Waals surface area contributed by atoms with Crippen LogP contribution in [0.2, 0.25) is 0 Å². The van der Waals surface area contributed by atoms with Crippen molar-refractivity contribution in [1.29, 1.82) is 0 Å². The molecule has 0 fully saturated rings. The van der Waals surface area contributed by atoms with Crippen molar-refractivity contribution in [3.63, 3.8) is 0 Å². The standard InChI is InChI=1S/C15H8Br2F2N2O5/c16-8-4-7(21(24)25)5-9(17)14(8)20-12(22)6-26-15(23)13-10(18)2-1-3-11(13)19/h1-5H,6H2,(H,20,22). The number of rotatable bonds is 5. The lowest BCUT2D eigenvalue weighted by molar-refractivity contribution is -0.385. The van der Waals surface area contributed by atoms with Crippen molar-refractivity contribution >= 4 is 55.1 Å². The summed E-state index contributed by atoms with van der Waals surface area (Å²) in [7, 11) is 0. The largest absolute Gasteiger partial charge is 0.452 e. The van der Waals surface area contributed by atoms with E-state index in [1.165, 1.54) is 12.1 Å². The Morgan fingerprint density at radius 3 is 2.19 bits per heavy atom.